The minimum Gasteiger partial charge on any atom is -0.497 e. The van der Waals surface area contributed by atoms with Gasteiger partial charge in [-0.3, -0.25) is 0 Å². The van der Waals surface area contributed by atoms with E-state index in [1.165, 1.54) is 23.3 Å². The largest absolute Gasteiger partial charge is 0.497 e. The van der Waals surface area contributed by atoms with Crippen LogP contribution in [0.25, 0.3) is 0 Å². The molecule has 0 bridgehead atoms. The van der Waals surface area contributed by atoms with Crippen LogP contribution in [0.5, 0.6) is 11.5 Å². The second kappa shape index (κ2) is 10.4. The maximum Gasteiger partial charge on any atom is 0.123 e. The van der Waals surface area contributed by atoms with Crippen LogP contribution in [-0.4, -0.2) is 41.9 Å². The molecule has 1 fully saturated rings. The molecule has 0 saturated carbocycles. The average Bonchev–Trinajstić information content (AvgIpc) is 3.37. The molecule has 1 aromatic heterocycles. The SMILES string of the molecule is COc1ccc(C2CCN(SC3CCC(Sc4cccc(OC)c4)c4nonc43)CC2)cc1. The lowest BCUT2D eigenvalue weighted by molar-refractivity contribution is 0.300. The highest BCUT2D eigenvalue weighted by Gasteiger charge is 2.35. The molecular formula is C25H29N3O3S2. The van der Waals surface area contributed by atoms with Crippen LogP contribution in [0.3, 0.4) is 0 Å². The van der Waals surface area contributed by atoms with Gasteiger partial charge in [-0.15, -0.1) is 11.8 Å². The fourth-order valence-electron chi connectivity index (χ4n) is 4.63. The zero-order valence-electron chi connectivity index (χ0n) is 19.0. The molecule has 6 nitrogen and oxygen atoms in total. The van der Waals surface area contributed by atoms with Gasteiger partial charge in [-0.1, -0.05) is 40.5 Å². The molecule has 2 unspecified atom stereocenters. The van der Waals surface area contributed by atoms with Crippen molar-refractivity contribution in [3.8, 4) is 11.5 Å². The van der Waals surface area contributed by atoms with Crippen molar-refractivity contribution in [3.63, 3.8) is 0 Å². The number of piperidine rings is 1. The quantitative estimate of drug-likeness (QED) is 0.364. The van der Waals surface area contributed by atoms with E-state index < -0.39 is 0 Å². The van der Waals surface area contributed by atoms with Crippen LogP contribution in [0.15, 0.2) is 58.1 Å². The van der Waals surface area contributed by atoms with E-state index >= 15 is 0 Å². The summed E-state index contributed by atoms with van der Waals surface area (Å²) in [6.07, 6.45) is 4.48. The summed E-state index contributed by atoms with van der Waals surface area (Å²) in [5.41, 5.74) is 3.43. The summed E-state index contributed by atoms with van der Waals surface area (Å²) >= 11 is 3.74. The first-order valence-electron chi connectivity index (χ1n) is 11.4. The van der Waals surface area contributed by atoms with Crippen LogP contribution in [-0.2, 0) is 0 Å². The Labute approximate surface area is 203 Å². The van der Waals surface area contributed by atoms with E-state index in [4.69, 9.17) is 14.1 Å². The van der Waals surface area contributed by atoms with Crippen LogP contribution in [0.2, 0.25) is 0 Å². The van der Waals surface area contributed by atoms with Gasteiger partial charge in [0, 0.05) is 18.0 Å². The number of nitrogens with zero attached hydrogens (tertiary/aromatic N) is 3. The van der Waals surface area contributed by atoms with Crippen molar-refractivity contribution in [1.29, 1.82) is 0 Å². The summed E-state index contributed by atoms with van der Waals surface area (Å²) in [5, 5.41) is 9.20. The number of methoxy groups -OCH3 is 2. The third-order valence-electron chi connectivity index (χ3n) is 6.48. The molecule has 5 rings (SSSR count). The van der Waals surface area contributed by atoms with Gasteiger partial charge in [0.1, 0.15) is 22.9 Å². The van der Waals surface area contributed by atoms with Crippen molar-refractivity contribution in [3.05, 3.63) is 65.5 Å². The second-order valence-corrected chi connectivity index (χ2v) is 11.0. The van der Waals surface area contributed by atoms with Crippen molar-refractivity contribution in [2.24, 2.45) is 0 Å². The second-order valence-electron chi connectivity index (χ2n) is 8.47. The third-order valence-corrected chi connectivity index (χ3v) is 9.13. The van der Waals surface area contributed by atoms with Gasteiger partial charge in [0.05, 0.1) is 24.7 Å². The molecular weight excluding hydrogens is 454 g/mol. The van der Waals surface area contributed by atoms with E-state index in [0.29, 0.717) is 11.2 Å². The standard InChI is InChI=1S/C25H29N3O3S2/c1-29-19-8-6-17(7-9-19)18-12-14-28(15-13-18)33-23-11-10-22(24-25(23)27-31-26-24)32-21-5-3-4-20(16-21)30-2/h3-9,16,18,22-23H,10-15H2,1-2H3. The van der Waals surface area contributed by atoms with Crippen LogP contribution in [0, 0.1) is 0 Å². The van der Waals surface area contributed by atoms with Gasteiger partial charge >= 0.3 is 0 Å². The molecule has 0 N–H and O–H groups in total. The monoisotopic (exact) mass is 483 g/mol. The molecule has 0 radical (unpaired) electrons. The minimum absolute atomic E-state index is 0.260. The summed E-state index contributed by atoms with van der Waals surface area (Å²) in [7, 11) is 3.41. The first-order chi connectivity index (χ1) is 16.2. The maximum absolute atomic E-state index is 5.37. The Balaban J connectivity index is 1.19. The molecule has 33 heavy (non-hydrogen) atoms. The highest BCUT2D eigenvalue weighted by atomic mass is 32.2. The summed E-state index contributed by atoms with van der Waals surface area (Å²) in [4.78, 5) is 1.18. The van der Waals surface area contributed by atoms with Crippen LogP contribution < -0.4 is 9.47 Å². The Morgan fingerprint density at radius 2 is 1.55 bits per heavy atom. The topological polar surface area (TPSA) is 60.6 Å². The van der Waals surface area contributed by atoms with Crippen LogP contribution >= 0.6 is 23.7 Å². The first kappa shape index (κ1) is 22.6. The fraction of sp³-hybridized carbons (Fsp3) is 0.440. The van der Waals surface area contributed by atoms with Crippen molar-refractivity contribution in [2.45, 2.75) is 47.0 Å². The molecule has 2 heterocycles. The van der Waals surface area contributed by atoms with Crippen LogP contribution in [0.1, 0.15) is 59.1 Å². The highest BCUT2D eigenvalue weighted by molar-refractivity contribution is 7.99. The lowest BCUT2D eigenvalue weighted by Crippen LogP contribution is -2.29. The lowest BCUT2D eigenvalue weighted by atomic mass is 9.90. The van der Waals surface area contributed by atoms with Crippen LogP contribution in [0.4, 0.5) is 0 Å². The molecule has 0 amide bonds. The number of benzene rings is 2. The van der Waals surface area contributed by atoms with Crippen molar-refractivity contribution >= 4 is 23.7 Å². The lowest BCUT2D eigenvalue weighted by Gasteiger charge is -2.34. The van der Waals surface area contributed by atoms with Gasteiger partial charge < -0.3 is 9.47 Å². The van der Waals surface area contributed by atoms with E-state index in [9.17, 15) is 0 Å². The molecule has 1 saturated heterocycles. The van der Waals surface area contributed by atoms with Gasteiger partial charge in [-0.25, -0.2) is 8.93 Å². The molecule has 1 aliphatic carbocycles. The summed E-state index contributed by atoms with van der Waals surface area (Å²) in [6, 6.07) is 16.7. The highest BCUT2D eigenvalue weighted by Crippen LogP contribution is 2.50. The first-order valence-corrected chi connectivity index (χ1v) is 13.1. The summed E-state index contributed by atoms with van der Waals surface area (Å²) in [6.45, 7) is 2.17. The molecule has 174 valence electrons. The Hall–Kier alpha value is -2.16. The third kappa shape index (κ3) is 5.18. The Morgan fingerprint density at radius 1 is 0.848 bits per heavy atom. The molecule has 0 spiro atoms. The van der Waals surface area contributed by atoms with Crippen molar-refractivity contribution < 1.29 is 14.1 Å². The summed E-state index contributed by atoms with van der Waals surface area (Å²) in [5.74, 6) is 2.41. The predicted octanol–water partition coefficient (Wildman–Crippen LogP) is 6.28. The van der Waals surface area contributed by atoms with Crippen molar-refractivity contribution in [1.82, 2.24) is 14.6 Å². The van der Waals surface area contributed by atoms with Gasteiger partial charge in [0.15, 0.2) is 0 Å². The predicted molar refractivity (Wildman–Crippen MR) is 132 cm³/mol. The van der Waals surface area contributed by atoms with Crippen molar-refractivity contribution in [2.75, 3.05) is 27.3 Å². The molecule has 2 aromatic carbocycles. The zero-order chi connectivity index (χ0) is 22.6. The minimum atomic E-state index is 0.260. The van der Waals surface area contributed by atoms with E-state index in [1.807, 2.05) is 35.8 Å². The smallest absolute Gasteiger partial charge is 0.123 e. The summed E-state index contributed by atoms with van der Waals surface area (Å²) < 4.78 is 18.4. The van der Waals surface area contributed by atoms with E-state index in [1.54, 1.807) is 14.2 Å². The molecule has 1 aliphatic heterocycles. The number of aromatic nitrogens is 2. The number of rotatable bonds is 7. The number of fused-ring (bicyclic) bond motifs is 1. The maximum atomic E-state index is 5.37. The number of ether oxygens (including phenoxy) is 2. The fourth-order valence-corrected chi connectivity index (χ4v) is 7.12. The molecule has 3 aromatic rings. The Kier molecular flexibility index (Phi) is 7.13. The van der Waals surface area contributed by atoms with E-state index in [-0.39, 0.29) is 5.25 Å². The normalized spacial score (nSPS) is 21.5. The Morgan fingerprint density at radius 3 is 2.27 bits per heavy atom. The van der Waals surface area contributed by atoms with E-state index in [0.717, 1.165) is 48.8 Å². The zero-order valence-corrected chi connectivity index (χ0v) is 20.6. The van der Waals surface area contributed by atoms with E-state index in [2.05, 4.69) is 51.0 Å². The van der Waals surface area contributed by atoms with Gasteiger partial charge in [0.2, 0.25) is 0 Å². The van der Waals surface area contributed by atoms with Gasteiger partial charge in [-0.05, 0) is 67.5 Å². The molecule has 2 aliphatic rings. The molecule has 2 atom stereocenters. The number of thioether (sulfide) groups is 1. The van der Waals surface area contributed by atoms with Gasteiger partial charge in [-0.2, -0.15) is 0 Å². The Bertz CT molecular complexity index is 1050. The van der Waals surface area contributed by atoms with Gasteiger partial charge in [0.25, 0.3) is 0 Å². The average molecular weight is 484 g/mol. The number of hydrogen-bond donors (Lipinski definition) is 0. The number of hydrogen-bond acceptors (Lipinski definition) is 8. The molecule has 8 heteroatoms.